The Bertz CT molecular complexity index is 752. The second-order valence-electron chi connectivity index (χ2n) is 7.37. The van der Waals surface area contributed by atoms with Crippen molar-refractivity contribution in [2.45, 2.75) is 39.2 Å². The van der Waals surface area contributed by atoms with Crippen LogP contribution < -0.4 is 4.74 Å². The second-order valence-corrected chi connectivity index (χ2v) is 7.37. The third-order valence-electron chi connectivity index (χ3n) is 4.27. The fraction of sp³-hybridized carbons (Fsp3) is 0.381. The first-order chi connectivity index (χ1) is 11.4. The fourth-order valence-corrected chi connectivity index (χ4v) is 2.78. The Morgan fingerprint density at radius 1 is 1.17 bits per heavy atom. The van der Waals surface area contributed by atoms with Gasteiger partial charge in [0.1, 0.15) is 18.5 Å². The van der Waals surface area contributed by atoms with Crippen LogP contribution in [0.15, 0.2) is 42.5 Å². The maximum absolute atomic E-state index is 13.2. The molecule has 3 rings (SSSR count). The third-order valence-corrected chi connectivity index (χ3v) is 4.27. The van der Waals surface area contributed by atoms with Gasteiger partial charge in [-0.25, -0.2) is 0 Å². The van der Waals surface area contributed by atoms with Gasteiger partial charge in [0.15, 0.2) is 5.78 Å². The van der Waals surface area contributed by atoms with Crippen LogP contribution in [0.4, 0.5) is 0 Å². The molecule has 0 N–H and O–H groups in total. The summed E-state index contributed by atoms with van der Waals surface area (Å²) in [4.78, 5) is 13.2. The molecule has 1 saturated heterocycles. The minimum absolute atomic E-state index is 0.0474. The largest absolute Gasteiger partial charge is 0.491 e. The van der Waals surface area contributed by atoms with Crippen molar-refractivity contribution in [3.8, 4) is 5.75 Å². The number of hydrogen-bond acceptors (Lipinski definition) is 3. The molecule has 126 valence electrons. The molecule has 1 heterocycles. The topological polar surface area (TPSA) is 38.8 Å². The lowest BCUT2D eigenvalue weighted by Gasteiger charge is -2.23. The summed E-state index contributed by atoms with van der Waals surface area (Å²) in [6, 6.07) is 13.5. The molecule has 0 radical (unpaired) electrons. The van der Waals surface area contributed by atoms with Crippen LogP contribution >= 0.6 is 0 Å². The van der Waals surface area contributed by atoms with Crippen LogP contribution in [-0.2, 0) is 10.2 Å². The SMILES string of the molecule is Cc1ccccc1C(=O)c1cc(OCC2CO2)ccc1C(C)(C)C. The van der Waals surface area contributed by atoms with Crippen LogP contribution in [0.2, 0.25) is 0 Å². The first kappa shape index (κ1) is 16.7. The van der Waals surface area contributed by atoms with Crippen LogP contribution in [-0.4, -0.2) is 25.1 Å². The first-order valence-electron chi connectivity index (χ1n) is 8.35. The highest BCUT2D eigenvalue weighted by Gasteiger charge is 2.26. The zero-order valence-electron chi connectivity index (χ0n) is 14.8. The number of ketones is 1. The van der Waals surface area contributed by atoms with E-state index in [1.165, 1.54) is 0 Å². The molecule has 0 aromatic heterocycles. The summed E-state index contributed by atoms with van der Waals surface area (Å²) in [6.07, 6.45) is 0.197. The number of benzene rings is 2. The summed E-state index contributed by atoms with van der Waals surface area (Å²) in [7, 11) is 0. The molecule has 1 fully saturated rings. The van der Waals surface area contributed by atoms with Crippen molar-refractivity contribution in [3.05, 3.63) is 64.7 Å². The van der Waals surface area contributed by atoms with Crippen molar-refractivity contribution in [2.75, 3.05) is 13.2 Å². The molecule has 0 aliphatic carbocycles. The van der Waals surface area contributed by atoms with Crippen molar-refractivity contribution in [2.24, 2.45) is 0 Å². The summed E-state index contributed by atoms with van der Waals surface area (Å²) < 4.78 is 11.0. The zero-order chi connectivity index (χ0) is 17.3. The van der Waals surface area contributed by atoms with Gasteiger partial charge in [-0.3, -0.25) is 4.79 Å². The van der Waals surface area contributed by atoms with E-state index in [0.29, 0.717) is 12.2 Å². The Hall–Kier alpha value is -2.13. The Kier molecular flexibility index (Phi) is 4.46. The van der Waals surface area contributed by atoms with E-state index < -0.39 is 0 Å². The van der Waals surface area contributed by atoms with Gasteiger partial charge in [0.25, 0.3) is 0 Å². The number of ether oxygens (including phenoxy) is 2. The van der Waals surface area contributed by atoms with Crippen LogP contribution in [0.1, 0.15) is 47.8 Å². The number of epoxide rings is 1. The van der Waals surface area contributed by atoms with Crippen molar-refractivity contribution in [3.63, 3.8) is 0 Å². The Morgan fingerprint density at radius 2 is 1.88 bits per heavy atom. The highest BCUT2D eigenvalue weighted by atomic mass is 16.6. The normalized spacial score (nSPS) is 16.8. The van der Waals surface area contributed by atoms with Crippen LogP contribution in [0, 0.1) is 6.92 Å². The molecule has 0 saturated carbocycles. The lowest BCUT2D eigenvalue weighted by Crippen LogP contribution is -2.18. The van der Waals surface area contributed by atoms with Gasteiger partial charge < -0.3 is 9.47 Å². The van der Waals surface area contributed by atoms with Crippen molar-refractivity contribution < 1.29 is 14.3 Å². The molecule has 1 unspecified atom stereocenters. The second kappa shape index (κ2) is 6.40. The standard InChI is InChI=1S/C21H24O3/c1-14-7-5-6-8-17(14)20(22)18-11-15(23-12-16-13-24-16)9-10-19(18)21(2,3)4/h5-11,16H,12-13H2,1-4H3. The van der Waals surface area contributed by atoms with Gasteiger partial charge in [-0.15, -0.1) is 0 Å². The summed E-state index contributed by atoms with van der Waals surface area (Å²) in [5.41, 5.74) is 3.36. The smallest absolute Gasteiger partial charge is 0.193 e. The van der Waals surface area contributed by atoms with Gasteiger partial charge >= 0.3 is 0 Å². The van der Waals surface area contributed by atoms with E-state index in [-0.39, 0.29) is 17.3 Å². The lowest BCUT2D eigenvalue weighted by molar-refractivity contribution is 0.103. The average Bonchev–Trinajstić information content (AvgIpc) is 3.36. The number of carbonyl (C=O) groups is 1. The van der Waals surface area contributed by atoms with Crippen LogP contribution in [0.25, 0.3) is 0 Å². The van der Waals surface area contributed by atoms with Gasteiger partial charge in [-0.05, 0) is 35.6 Å². The van der Waals surface area contributed by atoms with Gasteiger partial charge in [-0.2, -0.15) is 0 Å². The van der Waals surface area contributed by atoms with Crippen molar-refractivity contribution in [1.82, 2.24) is 0 Å². The molecule has 3 nitrogen and oxygen atoms in total. The van der Waals surface area contributed by atoms with Crippen molar-refractivity contribution in [1.29, 1.82) is 0 Å². The minimum Gasteiger partial charge on any atom is -0.491 e. The predicted molar refractivity (Wildman–Crippen MR) is 95.0 cm³/mol. The average molecular weight is 324 g/mol. The molecule has 0 spiro atoms. The van der Waals surface area contributed by atoms with Gasteiger partial charge in [0.2, 0.25) is 0 Å². The molecular weight excluding hydrogens is 300 g/mol. The van der Waals surface area contributed by atoms with E-state index in [1.54, 1.807) is 0 Å². The maximum atomic E-state index is 13.2. The number of rotatable bonds is 5. The quantitative estimate of drug-likeness (QED) is 0.608. The highest BCUT2D eigenvalue weighted by molar-refractivity contribution is 6.11. The van der Waals surface area contributed by atoms with E-state index in [9.17, 15) is 4.79 Å². The lowest BCUT2D eigenvalue weighted by atomic mass is 9.81. The molecule has 1 atom stereocenters. The molecule has 3 heteroatoms. The molecule has 1 aliphatic rings. The Morgan fingerprint density at radius 3 is 2.50 bits per heavy atom. The van der Waals surface area contributed by atoms with Crippen LogP contribution in [0.3, 0.4) is 0 Å². The van der Waals surface area contributed by atoms with E-state index >= 15 is 0 Å². The first-order valence-corrected chi connectivity index (χ1v) is 8.35. The number of carbonyl (C=O) groups excluding carboxylic acids is 1. The fourth-order valence-electron chi connectivity index (χ4n) is 2.78. The molecular formula is C21H24O3. The molecule has 1 aliphatic heterocycles. The van der Waals surface area contributed by atoms with Crippen LogP contribution in [0.5, 0.6) is 5.75 Å². The minimum atomic E-state index is -0.119. The van der Waals surface area contributed by atoms with Gasteiger partial charge in [0, 0.05) is 11.1 Å². The summed E-state index contributed by atoms with van der Waals surface area (Å²) in [5, 5.41) is 0. The highest BCUT2D eigenvalue weighted by Crippen LogP contribution is 2.31. The molecule has 24 heavy (non-hydrogen) atoms. The maximum Gasteiger partial charge on any atom is 0.193 e. The predicted octanol–water partition coefficient (Wildman–Crippen LogP) is 4.30. The Labute approximate surface area is 143 Å². The monoisotopic (exact) mass is 324 g/mol. The van der Waals surface area contributed by atoms with E-state index in [2.05, 4.69) is 20.8 Å². The van der Waals surface area contributed by atoms with Gasteiger partial charge in [0.05, 0.1) is 6.61 Å². The van der Waals surface area contributed by atoms with E-state index in [4.69, 9.17) is 9.47 Å². The van der Waals surface area contributed by atoms with Gasteiger partial charge in [-0.1, -0.05) is 51.1 Å². The summed E-state index contributed by atoms with van der Waals surface area (Å²) in [6.45, 7) is 9.62. The van der Waals surface area contributed by atoms with Crippen molar-refractivity contribution >= 4 is 5.78 Å². The summed E-state index contributed by atoms with van der Waals surface area (Å²) >= 11 is 0. The third kappa shape index (κ3) is 3.68. The van der Waals surface area contributed by atoms with E-state index in [0.717, 1.165) is 29.0 Å². The summed E-state index contributed by atoms with van der Waals surface area (Å²) in [5.74, 6) is 0.765. The number of hydrogen-bond donors (Lipinski definition) is 0. The molecule has 2 aromatic carbocycles. The van der Waals surface area contributed by atoms with E-state index in [1.807, 2.05) is 49.4 Å². The molecule has 0 bridgehead atoms. The zero-order valence-corrected chi connectivity index (χ0v) is 14.8. The number of aryl methyl sites for hydroxylation is 1. The molecule has 2 aromatic rings. The molecule has 0 amide bonds. The Balaban J connectivity index is 1.99.